The molecule has 0 fully saturated rings. The summed E-state index contributed by atoms with van der Waals surface area (Å²) in [6, 6.07) is 5.84. The highest BCUT2D eigenvalue weighted by Gasteiger charge is 2.25. The molecule has 0 aliphatic carbocycles. The second-order valence-electron chi connectivity index (χ2n) is 5.37. The second-order valence-corrected chi connectivity index (χ2v) is 5.37. The fraction of sp³-hybridized carbons (Fsp3) is 0.500. The van der Waals surface area contributed by atoms with Gasteiger partial charge in [0.05, 0.1) is 6.10 Å². The minimum atomic E-state index is -1.02. The SMILES string of the molecule is CCC(C)C(NC(=O)c1cccc(OC(C)C)c1)C(=O)O. The van der Waals surface area contributed by atoms with Gasteiger partial charge in [0.25, 0.3) is 5.91 Å². The number of aliphatic carboxylic acids is 1. The highest BCUT2D eigenvalue weighted by molar-refractivity contribution is 5.96. The Balaban J connectivity index is 2.85. The molecule has 5 heteroatoms. The molecule has 1 amide bonds. The Morgan fingerprint density at radius 1 is 1.29 bits per heavy atom. The normalized spacial score (nSPS) is 13.6. The van der Waals surface area contributed by atoms with Crippen molar-refractivity contribution in [1.82, 2.24) is 5.32 Å². The highest BCUT2D eigenvalue weighted by Crippen LogP contribution is 2.16. The number of nitrogens with one attached hydrogen (secondary N) is 1. The van der Waals surface area contributed by atoms with Crippen LogP contribution in [0.2, 0.25) is 0 Å². The van der Waals surface area contributed by atoms with E-state index in [1.165, 1.54) is 0 Å². The Labute approximate surface area is 125 Å². The van der Waals surface area contributed by atoms with Gasteiger partial charge in [-0.1, -0.05) is 26.3 Å². The first kappa shape index (κ1) is 17.0. The molecule has 0 radical (unpaired) electrons. The fourth-order valence-electron chi connectivity index (χ4n) is 1.89. The van der Waals surface area contributed by atoms with Gasteiger partial charge in [0.1, 0.15) is 11.8 Å². The van der Waals surface area contributed by atoms with Crippen molar-refractivity contribution in [3.63, 3.8) is 0 Å². The van der Waals surface area contributed by atoms with Crippen LogP contribution in [0.15, 0.2) is 24.3 Å². The van der Waals surface area contributed by atoms with Crippen molar-refractivity contribution in [2.45, 2.75) is 46.3 Å². The molecule has 0 bridgehead atoms. The zero-order valence-electron chi connectivity index (χ0n) is 12.9. The summed E-state index contributed by atoms with van der Waals surface area (Å²) in [6.07, 6.45) is 0.684. The van der Waals surface area contributed by atoms with Gasteiger partial charge in [0.2, 0.25) is 0 Å². The van der Waals surface area contributed by atoms with Crippen LogP contribution in [-0.4, -0.2) is 29.1 Å². The zero-order valence-corrected chi connectivity index (χ0v) is 12.9. The van der Waals surface area contributed by atoms with Gasteiger partial charge >= 0.3 is 5.97 Å². The topological polar surface area (TPSA) is 75.6 Å². The van der Waals surface area contributed by atoms with Gasteiger partial charge < -0.3 is 15.2 Å². The van der Waals surface area contributed by atoms with Crippen LogP contribution in [0.3, 0.4) is 0 Å². The number of carboxylic acid groups (broad SMARTS) is 1. The van der Waals surface area contributed by atoms with E-state index < -0.39 is 17.9 Å². The van der Waals surface area contributed by atoms with E-state index in [-0.39, 0.29) is 12.0 Å². The van der Waals surface area contributed by atoms with E-state index in [2.05, 4.69) is 5.32 Å². The number of carbonyl (C=O) groups excluding carboxylic acids is 1. The van der Waals surface area contributed by atoms with E-state index in [0.29, 0.717) is 17.7 Å². The molecule has 1 rings (SSSR count). The average molecular weight is 293 g/mol. The largest absolute Gasteiger partial charge is 0.491 e. The first-order chi connectivity index (χ1) is 9.85. The van der Waals surface area contributed by atoms with Crippen molar-refractivity contribution < 1.29 is 19.4 Å². The quantitative estimate of drug-likeness (QED) is 0.810. The maximum absolute atomic E-state index is 12.2. The standard InChI is InChI=1S/C16H23NO4/c1-5-11(4)14(16(19)20)17-15(18)12-7-6-8-13(9-12)21-10(2)3/h6-11,14H,5H2,1-4H3,(H,17,18)(H,19,20). The smallest absolute Gasteiger partial charge is 0.326 e. The van der Waals surface area contributed by atoms with Gasteiger partial charge in [0, 0.05) is 5.56 Å². The van der Waals surface area contributed by atoms with Crippen LogP contribution in [0.1, 0.15) is 44.5 Å². The molecule has 0 aromatic heterocycles. The molecule has 2 N–H and O–H groups in total. The monoisotopic (exact) mass is 293 g/mol. The number of amides is 1. The number of rotatable bonds is 7. The highest BCUT2D eigenvalue weighted by atomic mass is 16.5. The molecule has 0 aliphatic rings. The third-order valence-corrected chi connectivity index (χ3v) is 3.23. The maximum atomic E-state index is 12.2. The molecule has 116 valence electrons. The molecule has 1 aromatic carbocycles. The van der Waals surface area contributed by atoms with Crippen molar-refractivity contribution in [3.05, 3.63) is 29.8 Å². The number of hydrogen-bond donors (Lipinski definition) is 2. The van der Waals surface area contributed by atoms with Crippen LogP contribution >= 0.6 is 0 Å². The first-order valence-electron chi connectivity index (χ1n) is 7.15. The van der Waals surface area contributed by atoms with Gasteiger partial charge in [-0.05, 0) is 38.0 Å². The summed E-state index contributed by atoms with van der Waals surface area (Å²) in [5.41, 5.74) is 0.391. The predicted octanol–water partition coefficient (Wildman–Crippen LogP) is 2.70. The molecule has 0 heterocycles. The Morgan fingerprint density at radius 3 is 2.48 bits per heavy atom. The molecular formula is C16H23NO4. The first-order valence-corrected chi connectivity index (χ1v) is 7.15. The third kappa shape index (κ3) is 5.10. The van der Waals surface area contributed by atoms with Crippen LogP contribution < -0.4 is 10.1 Å². The van der Waals surface area contributed by atoms with Crippen LogP contribution in [0, 0.1) is 5.92 Å². The van der Waals surface area contributed by atoms with Gasteiger partial charge in [-0.2, -0.15) is 0 Å². The summed E-state index contributed by atoms with van der Waals surface area (Å²) in [5.74, 6) is -0.973. The van der Waals surface area contributed by atoms with E-state index in [4.69, 9.17) is 4.74 Å². The van der Waals surface area contributed by atoms with E-state index >= 15 is 0 Å². The van der Waals surface area contributed by atoms with Crippen molar-refractivity contribution in [1.29, 1.82) is 0 Å². The van der Waals surface area contributed by atoms with Gasteiger partial charge in [0.15, 0.2) is 0 Å². The van der Waals surface area contributed by atoms with Gasteiger partial charge in [-0.25, -0.2) is 4.79 Å². The van der Waals surface area contributed by atoms with Crippen LogP contribution in [-0.2, 0) is 4.79 Å². The van der Waals surface area contributed by atoms with Crippen LogP contribution in [0.25, 0.3) is 0 Å². The Hall–Kier alpha value is -2.04. The van der Waals surface area contributed by atoms with E-state index in [9.17, 15) is 14.7 Å². The number of benzene rings is 1. The van der Waals surface area contributed by atoms with Gasteiger partial charge in [-0.15, -0.1) is 0 Å². The predicted molar refractivity (Wildman–Crippen MR) is 80.6 cm³/mol. The minimum Gasteiger partial charge on any atom is -0.491 e. The van der Waals surface area contributed by atoms with Crippen molar-refractivity contribution in [2.24, 2.45) is 5.92 Å². The number of ether oxygens (including phenoxy) is 1. The van der Waals surface area contributed by atoms with E-state index in [1.807, 2.05) is 20.8 Å². The van der Waals surface area contributed by atoms with E-state index in [1.54, 1.807) is 31.2 Å². The minimum absolute atomic E-state index is 0.00944. The third-order valence-electron chi connectivity index (χ3n) is 3.23. The summed E-state index contributed by atoms with van der Waals surface area (Å²) in [4.78, 5) is 23.4. The summed E-state index contributed by atoms with van der Waals surface area (Å²) in [6.45, 7) is 7.49. The summed E-state index contributed by atoms with van der Waals surface area (Å²) < 4.78 is 5.53. The fourth-order valence-corrected chi connectivity index (χ4v) is 1.89. The van der Waals surface area contributed by atoms with Crippen LogP contribution in [0.5, 0.6) is 5.75 Å². The lowest BCUT2D eigenvalue weighted by Crippen LogP contribution is -2.45. The molecule has 0 saturated heterocycles. The lowest BCUT2D eigenvalue weighted by atomic mass is 9.99. The maximum Gasteiger partial charge on any atom is 0.326 e. The number of carboxylic acids is 1. The lowest BCUT2D eigenvalue weighted by Gasteiger charge is -2.20. The molecule has 0 saturated carbocycles. The average Bonchev–Trinajstić information content (AvgIpc) is 2.42. The molecule has 2 atom stereocenters. The van der Waals surface area contributed by atoms with Gasteiger partial charge in [-0.3, -0.25) is 4.79 Å². The lowest BCUT2D eigenvalue weighted by molar-refractivity contribution is -0.140. The molecule has 1 aromatic rings. The molecular weight excluding hydrogens is 270 g/mol. The van der Waals surface area contributed by atoms with Crippen molar-refractivity contribution >= 4 is 11.9 Å². The zero-order chi connectivity index (χ0) is 16.0. The number of carbonyl (C=O) groups is 2. The molecule has 0 aliphatic heterocycles. The Bertz CT molecular complexity index is 499. The molecule has 21 heavy (non-hydrogen) atoms. The van der Waals surface area contributed by atoms with E-state index in [0.717, 1.165) is 0 Å². The molecule has 5 nitrogen and oxygen atoms in total. The second kappa shape index (κ2) is 7.67. The van der Waals surface area contributed by atoms with Crippen LogP contribution in [0.4, 0.5) is 0 Å². The number of hydrogen-bond acceptors (Lipinski definition) is 3. The summed E-state index contributed by atoms with van der Waals surface area (Å²) in [7, 11) is 0. The summed E-state index contributed by atoms with van der Waals surface area (Å²) >= 11 is 0. The summed E-state index contributed by atoms with van der Waals surface area (Å²) in [5, 5.41) is 11.8. The van der Waals surface area contributed by atoms with Crippen molar-refractivity contribution in [3.8, 4) is 5.75 Å². The Morgan fingerprint density at radius 2 is 1.95 bits per heavy atom. The molecule has 2 unspecified atom stereocenters. The van der Waals surface area contributed by atoms with Crippen molar-refractivity contribution in [2.75, 3.05) is 0 Å². The Kier molecular flexibility index (Phi) is 6.21. The molecule has 0 spiro atoms.